The first-order valence-corrected chi connectivity index (χ1v) is 6.62. The number of hydrogen-bond acceptors (Lipinski definition) is 4. The molecule has 0 aliphatic carbocycles. The van der Waals surface area contributed by atoms with E-state index in [1.807, 2.05) is 18.2 Å². The highest BCUT2D eigenvalue weighted by atomic mass is 16.3. The smallest absolute Gasteiger partial charge is 0.0611 e. The zero-order valence-corrected chi connectivity index (χ0v) is 11.3. The van der Waals surface area contributed by atoms with E-state index >= 15 is 0 Å². The molecule has 1 fully saturated rings. The van der Waals surface area contributed by atoms with Crippen LogP contribution in [0.5, 0.6) is 0 Å². The fourth-order valence-electron chi connectivity index (χ4n) is 2.51. The number of rotatable bonds is 4. The van der Waals surface area contributed by atoms with Gasteiger partial charge in [0.25, 0.3) is 0 Å². The van der Waals surface area contributed by atoms with Crippen molar-refractivity contribution >= 4 is 0 Å². The Morgan fingerprint density at radius 1 is 1.39 bits per heavy atom. The lowest BCUT2D eigenvalue weighted by Crippen LogP contribution is -2.51. The van der Waals surface area contributed by atoms with Crippen LogP contribution in [0.15, 0.2) is 24.4 Å². The third-order valence-electron chi connectivity index (χ3n) is 3.70. The van der Waals surface area contributed by atoms with E-state index in [0.717, 1.165) is 31.7 Å². The summed E-state index contributed by atoms with van der Waals surface area (Å²) in [6.45, 7) is 3.23. The van der Waals surface area contributed by atoms with Crippen LogP contribution in [0.1, 0.15) is 12.1 Å². The van der Waals surface area contributed by atoms with Gasteiger partial charge in [-0.15, -0.1) is 0 Å². The molecule has 2 unspecified atom stereocenters. The first-order chi connectivity index (χ1) is 8.65. The van der Waals surface area contributed by atoms with Crippen molar-refractivity contribution in [2.75, 3.05) is 33.7 Å². The molecule has 0 aromatic carbocycles. The summed E-state index contributed by atoms with van der Waals surface area (Å²) in [5.41, 5.74) is 0.969. The third kappa shape index (κ3) is 3.77. The first kappa shape index (κ1) is 13.5. The van der Waals surface area contributed by atoms with Gasteiger partial charge in [-0.05, 0) is 32.6 Å². The van der Waals surface area contributed by atoms with Crippen LogP contribution in [0, 0.1) is 0 Å². The van der Waals surface area contributed by atoms with E-state index in [2.05, 4.69) is 28.9 Å². The second-order valence-corrected chi connectivity index (χ2v) is 5.31. The largest absolute Gasteiger partial charge is 0.393 e. The number of hydrogen-bond donors (Lipinski definition) is 1. The Kier molecular flexibility index (Phi) is 4.69. The van der Waals surface area contributed by atoms with Crippen LogP contribution in [0.4, 0.5) is 0 Å². The molecule has 18 heavy (non-hydrogen) atoms. The standard InChI is InChI=1S/C14H23N3O/c1-16-7-8-17(2)13(11-16)10-14(18)9-12-5-3-4-6-15-12/h3-6,13-14,18H,7-11H2,1-2H3. The van der Waals surface area contributed by atoms with Gasteiger partial charge in [-0.25, -0.2) is 0 Å². The molecule has 1 saturated heterocycles. The number of aliphatic hydroxyl groups is 1. The Morgan fingerprint density at radius 3 is 2.94 bits per heavy atom. The molecule has 0 radical (unpaired) electrons. The molecule has 1 N–H and O–H groups in total. The van der Waals surface area contributed by atoms with Crippen molar-refractivity contribution in [1.29, 1.82) is 0 Å². The van der Waals surface area contributed by atoms with Crippen molar-refractivity contribution < 1.29 is 5.11 Å². The average Bonchev–Trinajstić information content (AvgIpc) is 2.35. The van der Waals surface area contributed by atoms with Gasteiger partial charge in [0.2, 0.25) is 0 Å². The monoisotopic (exact) mass is 249 g/mol. The van der Waals surface area contributed by atoms with Crippen LogP contribution < -0.4 is 0 Å². The molecule has 1 aromatic heterocycles. The minimum atomic E-state index is -0.307. The van der Waals surface area contributed by atoms with E-state index in [-0.39, 0.29) is 6.10 Å². The normalized spacial score (nSPS) is 24.1. The van der Waals surface area contributed by atoms with Gasteiger partial charge in [0.15, 0.2) is 0 Å². The maximum Gasteiger partial charge on any atom is 0.0611 e. The highest BCUT2D eigenvalue weighted by Gasteiger charge is 2.24. The lowest BCUT2D eigenvalue weighted by molar-refractivity contribution is 0.0635. The fourth-order valence-corrected chi connectivity index (χ4v) is 2.51. The quantitative estimate of drug-likeness (QED) is 0.849. The molecule has 2 rings (SSSR count). The average molecular weight is 249 g/mol. The van der Waals surface area contributed by atoms with Crippen LogP contribution in [-0.2, 0) is 6.42 Å². The predicted octanol–water partition coefficient (Wildman–Crippen LogP) is 0.621. The van der Waals surface area contributed by atoms with E-state index in [4.69, 9.17) is 0 Å². The Labute approximate surface area is 109 Å². The van der Waals surface area contributed by atoms with Crippen molar-refractivity contribution in [2.45, 2.75) is 25.0 Å². The van der Waals surface area contributed by atoms with Crippen molar-refractivity contribution in [3.05, 3.63) is 30.1 Å². The Balaban J connectivity index is 1.85. The molecule has 0 spiro atoms. The Hall–Kier alpha value is -0.970. The van der Waals surface area contributed by atoms with Gasteiger partial charge in [-0.3, -0.25) is 4.98 Å². The van der Waals surface area contributed by atoms with E-state index in [0.29, 0.717) is 12.5 Å². The zero-order chi connectivity index (χ0) is 13.0. The van der Waals surface area contributed by atoms with Crippen LogP contribution in [-0.4, -0.2) is 65.8 Å². The number of likely N-dealkylation sites (N-methyl/N-ethyl adjacent to an activating group) is 2. The summed E-state index contributed by atoms with van der Waals surface area (Å²) in [7, 11) is 4.29. The van der Waals surface area contributed by atoms with Gasteiger partial charge < -0.3 is 14.9 Å². The lowest BCUT2D eigenvalue weighted by atomic mass is 10.0. The minimum Gasteiger partial charge on any atom is -0.393 e. The van der Waals surface area contributed by atoms with Crippen LogP contribution >= 0.6 is 0 Å². The summed E-state index contributed by atoms with van der Waals surface area (Å²) in [5.74, 6) is 0. The zero-order valence-electron chi connectivity index (χ0n) is 11.3. The molecule has 0 amide bonds. The fraction of sp³-hybridized carbons (Fsp3) is 0.643. The number of nitrogens with zero attached hydrogens (tertiary/aromatic N) is 3. The maximum absolute atomic E-state index is 10.2. The summed E-state index contributed by atoms with van der Waals surface area (Å²) in [5, 5.41) is 10.2. The van der Waals surface area contributed by atoms with Gasteiger partial charge in [-0.2, -0.15) is 0 Å². The van der Waals surface area contributed by atoms with Gasteiger partial charge in [0.1, 0.15) is 0 Å². The van der Waals surface area contributed by atoms with Crippen molar-refractivity contribution in [1.82, 2.24) is 14.8 Å². The van der Waals surface area contributed by atoms with Crippen LogP contribution in [0.3, 0.4) is 0 Å². The summed E-state index contributed by atoms with van der Waals surface area (Å²) < 4.78 is 0. The summed E-state index contributed by atoms with van der Waals surface area (Å²) in [6, 6.07) is 6.29. The van der Waals surface area contributed by atoms with E-state index in [1.165, 1.54) is 0 Å². The topological polar surface area (TPSA) is 39.6 Å². The molecule has 4 nitrogen and oxygen atoms in total. The van der Waals surface area contributed by atoms with Gasteiger partial charge in [0, 0.05) is 44.0 Å². The Morgan fingerprint density at radius 2 is 2.22 bits per heavy atom. The molecule has 2 atom stereocenters. The third-order valence-corrected chi connectivity index (χ3v) is 3.70. The first-order valence-electron chi connectivity index (χ1n) is 6.62. The molecule has 1 aromatic rings. The van der Waals surface area contributed by atoms with E-state index < -0.39 is 0 Å². The SMILES string of the molecule is CN1CCN(C)C(CC(O)Cc2ccccn2)C1. The van der Waals surface area contributed by atoms with Crippen molar-refractivity contribution in [3.63, 3.8) is 0 Å². The van der Waals surface area contributed by atoms with E-state index in [1.54, 1.807) is 6.20 Å². The molecular formula is C14H23N3O. The second-order valence-electron chi connectivity index (χ2n) is 5.31. The molecule has 1 aliphatic heterocycles. The number of aromatic nitrogens is 1. The predicted molar refractivity (Wildman–Crippen MR) is 72.5 cm³/mol. The number of pyridine rings is 1. The molecule has 1 aliphatic rings. The van der Waals surface area contributed by atoms with Gasteiger partial charge in [0.05, 0.1) is 6.10 Å². The van der Waals surface area contributed by atoms with Crippen molar-refractivity contribution in [2.24, 2.45) is 0 Å². The van der Waals surface area contributed by atoms with Gasteiger partial charge in [-0.1, -0.05) is 6.07 Å². The molecule has 2 heterocycles. The minimum absolute atomic E-state index is 0.307. The van der Waals surface area contributed by atoms with Crippen molar-refractivity contribution in [3.8, 4) is 0 Å². The maximum atomic E-state index is 10.2. The Bertz CT molecular complexity index is 357. The lowest BCUT2D eigenvalue weighted by Gasteiger charge is -2.38. The highest BCUT2D eigenvalue weighted by molar-refractivity contribution is 5.04. The number of aliphatic hydroxyl groups excluding tert-OH is 1. The van der Waals surface area contributed by atoms with Crippen LogP contribution in [0.2, 0.25) is 0 Å². The summed E-state index contributed by atoms with van der Waals surface area (Å²) >= 11 is 0. The molecule has 4 heteroatoms. The highest BCUT2D eigenvalue weighted by Crippen LogP contribution is 2.13. The molecule has 0 saturated carbocycles. The van der Waals surface area contributed by atoms with E-state index in [9.17, 15) is 5.11 Å². The molecular weight excluding hydrogens is 226 g/mol. The second kappa shape index (κ2) is 6.27. The molecule has 0 bridgehead atoms. The van der Waals surface area contributed by atoms with Gasteiger partial charge >= 0.3 is 0 Å². The summed E-state index contributed by atoms with van der Waals surface area (Å²) in [6.07, 6.45) is 2.94. The van der Waals surface area contributed by atoms with Crippen LogP contribution in [0.25, 0.3) is 0 Å². The summed E-state index contributed by atoms with van der Waals surface area (Å²) in [4.78, 5) is 8.94. The number of piperazine rings is 1. The molecule has 100 valence electrons.